The van der Waals surface area contributed by atoms with Gasteiger partial charge in [-0.15, -0.1) is 0 Å². The van der Waals surface area contributed by atoms with E-state index in [0.717, 1.165) is 22.6 Å². The molecule has 0 amide bonds. The Kier molecular flexibility index (Phi) is 2.97. The molecule has 0 aliphatic rings. The summed E-state index contributed by atoms with van der Waals surface area (Å²) in [7, 11) is 0. The third-order valence-corrected chi connectivity index (χ3v) is 3.16. The van der Waals surface area contributed by atoms with Crippen molar-refractivity contribution in [3.63, 3.8) is 0 Å². The van der Waals surface area contributed by atoms with Gasteiger partial charge in [-0.2, -0.15) is 0 Å². The molecule has 0 radical (unpaired) electrons. The zero-order valence-corrected chi connectivity index (χ0v) is 10.9. The highest BCUT2D eigenvalue weighted by atomic mass is 35.5. The molecule has 4 heteroatoms. The number of aromatic nitrogens is 2. The third-order valence-electron chi connectivity index (χ3n) is 2.91. The average Bonchev–Trinajstić information content (AvgIpc) is 2.83. The number of H-pyrrole nitrogens is 1. The summed E-state index contributed by atoms with van der Waals surface area (Å²) in [5.41, 5.74) is 8.79. The lowest BCUT2D eigenvalue weighted by atomic mass is 10.1. The van der Waals surface area contributed by atoms with Crippen LogP contribution in [0.3, 0.4) is 0 Å². The molecule has 3 aromatic rings. The highest BCUT2D eigenvalue weighted by molar-refractivity contribution is 6.30. The molecule has 94 valence electrons. The number of imidazole rings is 1. The number of halogens is 1. The van der Waals surface area contributed by atoms with E-state index in [1.165, 1.54) is 0 Å². The molecule has 19 heavy (non-hydrogen) atoms. The first-order valence-electron chi connectivity index (χ1n) is 5.91. The number of nitrogens with one attached hydrogen (secondary N) is 1. The smallest absolute Gasteiger partial charge is 0.150 e. The first kappa shape index (κ1) is 11.8. The molecule has 0 aliphatic carbocycles. The van der Waals surface area contributed by atoms with Crippen LogP contribution in [0.5, 0.6) is 0 Å². The Morgan fingerprint density at radius 1 is 0.895 bits per heavy atom. The van der Waals surface area contributed by atoms with E-state index in [0.29, 0.717) is 10.8 Å². The Hall–Kier alpha value is -2.26. The average molecular weight is 270 g/mol. The van der Waals surface area contributed by atoms with Crippen molar-refractivity contribution in [3.05, 3.63) is 59.6 Å². The second-order valence-corrected chi connectivity index (χ2v) is 4.66. The van der Waals surface area contributed by atoms with Gasteiger partial charge in [0.1, 0.15) is 11.6 Å². The quantitative estimate of drug-likeness (QED) is 0.739. The van der Waals surface area contributed by atoms with Gasteiger partial charge in [-0.25, -0.2) is 4.98 Å². The molecule has 1 aromatic heterocycles. The molecule has 0 saturated heterocycles. The van der Waals surface area contributed by atoms with Gasteiger partial charge in [-0.05, 0) is 24.3 Å². The van der Waals surface area contributed by atoms with Crippen molar-refractivity contribution in [2.24, 2.45) is 0 Å². The summed E-state index contributed by atoms with van der Waals surface area (Å²) in [5, 5.41) is 0.701. The van der Waals surface area contributed by atoms with Gasteiger partial charge in [0.15, 0.2) is 0 Å². The van der Waals surface area contributed by atoms with E-state index in [9.17, 15) is 0 Å². The van der Waals surface area contributed by atoms with Crippen LogP contribution in [0, 0.1) is 0 Å². The maximum atomic E-state index is 5.97. The SMILES string of the molecule is Nc1nc(-c2ccc(Cl)cc2)[nH]c1-c1ccccc1. The van der Waals surface area contributed by atoms with Crippen LogP contribution in [0.2, 0.25) is 5.02 Å². The molecule has 3 rings (SSSR count). The first-order valence-corrected chi connectivity index (χ1v) is 6.28. The number of rotatable bonds is 2. The fourth-order valence-corrected chi connectivity index (χ4v) is 2.08. The normalized spacial score (nSPS) is 10.6. The van der Waals surface area contributed by atoms with Gasteiger partial charge in [0.2, 0.25) is 0 Å². The van der Waals surface area contributed by atoms with Crippen molar-refractivity contribution < 1.29 is 0 Å². The summed E-state index contributed by atoms with van der Waals surface area (Å²) >= 11 is 5.88. The Balaban J connectivity index is 2.04. The van der Waals surface area contributed by atoms with Crippen LogP contribution in [-0.2, 0) is 0 Å². The maximum Gasteiger partial charge on any atom is 0.150 e. The monoisotopic (exact) mass is 269 g/mol. The van der Waals surface area contributed by atoms with Gasteiger partial charge >= 0.3 is 0 Å². The van der Waals surface area contributed by atoms with Crippen molar-refractivity contribution >= 4 is 17.4 Å². The molecule has 0 spiro atoms. The summed E-state index contributed by atoms with van der Waals surface area (Å²) in [6.45, 7) is 0. The van der Waals surface area contributed by atoms with Crippen molar-refractivity contribution in [3.8, 4) is 22.6 Å². The number of nitrogen functional groups attached to an aromatic ring is 1. The lowest BCUT2D eigenvalue weighted by Gasteiger charge is -1.98. The van der Waals surface area contributed by atoms with E-state index in [4.69, 9.17) is 17.3 Å². The van der Waals surface area contributed by atoms with E-state index < -0.39 is 0 Å². The Morgan fingerprint density at radius 2 is 1.58 bits per heavy atom. The largest absolute Gasteiger partial charge is 0.382 e. The van der Waals surface area contributed by atoms with Gasteiger partial charge in [0.05, 0.1) is 5.69 Å². The van der Waals surface area contributed by atoms with Crippen LogP contribution in [-0.4, -0.2) is 9.97 Å². The molecule has 0 atom stereocenters. The summed E-state index contributed by atoms with van der Waals surface area (Å²) in [4.78, 5) is 7.62. The van der Waals surface area contributed by atoms with E-state index in [-0.39, 0.29) is 0 Å². The summed E-state index contributed by atoms with van der Waals surface area (Å²) in [6.07, 6.45) is 0. The van der Waals surface area contributed by atoms with Gasteiger partial charge in [-0.1, -0.05) is 41.9 Å². The highest BCUT2D eigenvalue weighted by Crippen LogP contribution is 2.27. The molecule has 0 saturated carbocycles. The lowest BCUT2D eigenvalue weighted by Crippen LogP contribution is -1.87. The topological polar surface area (TPSA) is 54.7 Å². The zero-order valence-electron chi connectivity index (χ0n) is 10.1. The molecular formula is C15H12ClN3. The van der Waals surface area contributed by atoms with Crippen LogP contribution >= 0.6 is 11.6 Å². The van der Waals surface area contributed by atoms with Gasteiger partial charge in [0, 0.05) is 16.1 Å². The van der Waals surface area contributed by atoms with Gasteiger partial charge < -0.3 is 10.7 Å². The van der Waals surface area contributed by atoms with Crippen LogP contribution in [0.1, 0.15) is 0 Å². The third kappa shape index (κ3) is 2.33. The molecule has 3 N–H and O–H groups in total. The van der Waals surface area contributed by atoms with Crippen LogP contribution in [0.4, 0.5) is 5.82 Å². The molecule has 3 nitrogen and oxygen atoms in total. The first-order chi connectivity index (χ1) is 9.24. The van der Waals surface area contributed by atoms with Crippen LogP contribution < -0.4 is 5.73 Å². The second kappa shape index (κ2) is 4.78. The predicted molar refractivity (Wildman–Crippen MR) is 78.9 cm³/mol. The lowest BCUT2D eigenvalue weighted by molar-refractivity contribution is 1.31. The van der Waals surface area contributed by atoms with E-state index >= 15 is 0 Å². The highest BCUT2D eigenvalue weighted by Gasteiger charge is 2.10. The summed E-state index contributed by atoms with van der Waals surface area (Å²) in [5.74, 6) is 1.24. The fraction of sp³-hybridized carbons (Fsp3) is 0. The van der Waals surface area contributed by atoms with E-state index in [1.54, 1.807) is 0 Å². The zero-order chi connectivity index (χ0) is 13.2. The summed E-state index contributed by atoms with van der Waals surface area (Å²) < 4.78 is 0. The molecular weight excluding hydrogens is 258 g/mol. The minimum absolute atomic E-state index is 0.496. The van der Waals surface area contributed by atoms with Gasteiger partial charge in [-0.3, -0.25) is 0 Å². The summed E-state index contributed by atoms with van der Waals surface area (Å²) in [6, 6.07) is 17.4. The Morgan fingerprint density at radius 3 is 2.26 bits per heavy atom. The predicted octanol–water partition coefficient (Wildman–Crippen LogP) is 3.98. The molecule has 0 unspecified atom stereocenters. The number of nitrogens with zero attached hydrogens (tertiary/aromatic N) is 1. The number of anilines is 1. The van der Waals surface area contributed by atoms with E-state index in [2.05, 4.69) is 9.97 Å². The molecule has 1 heterocycles. The maximum absolute atomic E-state index is 5.97. The van der Waals surface area contributed by atoms with Crippen molar-refractivity contribution in [1.29, 1.82) is 0 Å². The Labute approximate surface area is 116 Å². The Bertz CT molecular complexity index is 687. The molecule has 0 fully saturated rings. The minimum Gasteiger partial charge on any atom is -0.382 e. The molecule has 0 bridgehead atoms. The number of aromatic amines is 1. The van der Waals surface area contributed by atoms with Crippen LogP contribution in [0.25, 0.3) is 22.6 Å². The van der Waals surface area contributed by atoms with Crippen LogP contribution in [0.15, 0.2) is 54.6 Å². The minimum atomic E-state index is 0.496. The van der Waals surface area contributed by atoms with Crippen molar-refractivity contribution in [1.82, 2.24) is 9.97 Å². The van der Waals surface area contributed by atoms with E-state index in [1.807, 2.05) is 54.6 Å². The number of nitrogens with two attached hydrogens (primary N) is 1. The second-order valence-electron chi connectivity index (χ2n) is 4.22. The van der Waals surface area contributed by atoms with Gasteiger partial charge in [0.25, 0.3) is 0 Å². The van der Waals surface area contributed by atoms with Crippen molar-refractivity contribution in [2.75, 3.05) is 5.73 Å². The van der Waals surface area contributed by atoms with Crippen molar-refractivity contribution in [2.45, 2.75) is 0 Å². The number of hydrogen-bond acceptors (Lipinski definition) is 2. The molecule has 0 aliphatic heterocycles. The molecule has 2 aromatic carbocycles. The number of benzene rings is 2. The fourth-order valence-electron chi connectivity index (χ4n) is 1.96. The number of hydrogen-bond donors (Lipinski definition) is 2. The standard InChI is InChI=1S/C15H12ClN3/c16-12-8-6-11(7-9-12)15-18-13(14(17)19-15)10-4-2-1-3-5-10/h1-9H,17H2,(H,18,19).